The van der Waals surface area contributed by atoms with Crippen molar-refractivity contribution in [1.82, 2.24) is 24.9 Å². The summed E-state index contributed by atoms with van der Waals surface area (Å²) in [5, 5.41) is 32.5. The maximum atomic E-state index is 11.6. The normalized spacial score (nSPS) is 14.6. The summed E-state index contributed by atoms with van der Waals surface area (Å²) in [5.74, 6) is 0.594. The summed E-state index contributed by atoms with van der Waals surface area (Å²) in [7, 11) is 1.27. The van der Waals surface area contributed by atoms with Gasteiger partial charge in [0.1, 0.15) is 6.07 Å². The van der Waals surface area contributed by atoms with Gasteiger partial charge in [-0.05, 0) is 19.1 Å². The van der Waals surface area contributed by atoms with Gasteiger partial charge in [0.25, 0.3) is 0 Å². The van der Waals surface area contributed by atoms with Crippen molar-refractivity contribution >= 4 is 46.5 Å². The van der Waals surface area contributed by atoms with Gasteiger partial charge < -0.3 is 31.3 Å². The number of nitrogens with zero attached hydrogens (tertiary/aromatic N) is 7. The van der Waals surface area contributed by atoms with E-state index in [9.17, 15) is 15.3 Å². The largest absolute Gasteiger partial charge is 0.453 e. The minimum absolute atomic E-state index is 0.157. The summed E-state index contributed by atoms with van der Waals surface area (Å²) in [5.41, 5.74) is 7.24. The SMILES string of the molecule is CCNc1nc(Nc2cc(C#N)cc(N3C[CH][C@@](N)(NC(=O)OC)CC3)c2Cl)nn2c(C#N)cnc12. The number of amides is 1. The van der Waals surface area contributed by atoms with Crippen molar-refractivity contribution < 1.29 is 9.53 Å². The average Bonchev–Trinajstić information content (AvgIpc) is 3.29. The van der Waals surface area contributed by atoms with Gasteiger partial charge in [-0.2, -0.15) is 20.0 Å². The molecular weight excluding hydrogens is 486 g/mol. The van der Waals surface area contributed by atoms with Gasteiger partial charge in [-0.25, -0.2) is 9.78 Å². The number of benzene rings is 1. The first-order valence-electron chi connectivity index (χ1n) is 11.0. The number of halogens is 1. The number of hydrogen-bond acceptors (Lipinski definition) is 11. The van der Waals surface area contributed by atoms with E-state index in [1.54, 1.807) is 18.6 Å². The molecule has 1 saturated heterocycles. The molecule has 0 bridgehead atoms. The van der Waals surface area contributed by atoms with Crippen molar-refractivity contribution in [2.45, 2.75) is 19.0 Å². The Labute approximate surface area is 211 Å². The van der Waals surface area contributed by atoms with Crippen LogP contribution in [-0.4, -0.2) is 58.1 Å². The third kappa shape index (κ3) is 4.88. The van der Waals surface area contributed by atoms with Crippen molar-refractivity contribution in [3.8, 4) is 12.1 Å². The Bertz CT molecular complexity index is 1380. The van der Waals surface area contributed by atoms with Crippen LogP contribution in [0.1, 0.15) is 24.6 Å². The number of hydrogen-bond donors (Lipinski definition) is 4. The van der Waals surface area contributed by atoms with Crippen molar-refractivity contribution in [1.29, 1.82) is 10.5 Å². The smallest absolute Gasteiger partial charge is 0.408 e. The van der Waals surface area contributed by atoms with Crippen LogP contribution in [0, 0.1) is 29.1 Å². The molecule has 185 valence electrons. The van der Waals surface area contributed by atoms with E-state index < -0.39 is 11.8 Å². The maximum Gasteiger partial charge on any atom is 0.408 e. The number of ether oxygens (including phenoxy) is 1. The van der Waals surface area contributed by atoms with Crippen molar-refractivity contribution in [3.63, 3.8) is 0 Å². The molecule has 5 N–H and O–H groups in total. The third-order valence-electron chi connectivity index (χ3n) is 5.58. The number of carbonyl (C=O) groups is 1. The van der Waals surface area contributed by atoms with Gasteiger partial charge in [-0.3, -0.25) is 0 Å². The number of anilines is 4. The number of alkyl carbamates (subject to hydrolysis) is 1. The summed E-state index contributed by atoms with van der Waals surface area (Å²) in [6, 6.07) is 7.45. The van der Waals surface area contributed by atoms with Crippen LogP contribution in [-0.2, 0) is 4.74 Å². The first kappa shape index (κ1) is 24.8. The average molecular weight is 509 g/mol. The van der Waals surface area contributed by atoms with Gasteiger partial charge in [0.2, 0.25) is 5.95 Å². The lowest BCUT2D eigenvalue weighted by molar-refractivity contribution is 0.157. The van der Waals surface area contributed by atoms with Crippen LogP contribution < -0.4 is 26.6 Å². The summed E-state index contributed by atoms with van der Waals surface area (Å²) in [4.78, 5) is 22.2. The fourth-order valence-corrected chi connectivity index (χ4v) is 4.05. The molecule has 1 fully saturated rings. The molecule has 2 aromatic heterocycles. The number of rotatable bonds is 6. The zero-order valence-corrected chi connectivity index (χ0v) is 20.3. The molecule has 4 rings (SSSR count). The lowest BCUT2D eigenvalue weighted by atomic mass is 9.97. The Morgan fingerprint density at radius 3 is 2.81 bits per heavy atom. The van der Waals surface area contributed by atoms with E-state index in [1.807, 2.05) is 17.9 Å². The maximum absolute atomic E-state index is 11.6. The summed E-state index contributed by atoms with van der Waals surface area (Å²) in [6.07, 6.45) is 2.93. The number of methoxy groups -OCH3 is 1. The van der Waals surface area contributed by atoms with E-state index in [4.69, 9.17) is 17.3 Å². The van der Waals surface area contributed by atoms with Gasteiger partial charge in [0, 0.05) is 32.5 Å². The van der Waals surface area contributed by atoms with Gasteiger partial charge in [0.05, 0.1) is 47.0 Å². The molecule has 1 aromatic carbocycles. The van der Waals surface area contributed by atoms with Crippen LogP contribution in [0.15, 0.2) is 18.3 Å². The zero-order valence-electron chi connectivity index (χ0n) is 19.5. The Kier molecular flexibility index (Phi) is 6.96. The van der Waals surface area contributed by atoms with Crippen LogP contribution >= 0.6 is 11.6 Å². The molecule has 3 aromatic rings. The molecule has 1 aliphatic heterocycles. The molecule has 0 unspecified atom stereocenters. The van der Waals surface area contributed by atoms with E-state index in [0.717, 1.165) is 0 Å². The Hall–Kier alpha value is -4.33. The van der Waals surface area contributed by atoms with Crippen molar-refractivity contribution in [2.75, 3.05) is 42.3 Å². The van der Waals surface area contributed by atoms with E-state index in [1.165, 1.54) is 17.8 Å². The van der Waals surface area contributed by atoms with Crippen LogP contribution in [0.2, 0.25) is 5.02 Å². The minimum atomic E-state index is -1.03. The van der Waals surface area contributed by atoms with Gasteiger partial charge in [-0.1, -0.05) is 11.6 Å². The van der Waals surface area contributed by atoms with Gasteiger partial charge >= 0.3 is 6.09 Å². The third-order valence-corrected chi connectivity index (χ3v) is 5.98. The second-order valence-electron chi connectivity index (χ2n) is 7.96. The molecule has 0 spiro atoms. The number of imidazole rings is 1. The highest BCUT2D eigenvalue weighted by molar-refractivity contribution is 6.36. The lowest BCUT2D eigenvalue weighted by Crippen LogP contribution is -2.61. The Morgan fingerprint density at radius 1 is 1.36 bits per heavy atom. The van der Waals surface area contributed by atoms with E-state index >= 15 is 0 Å². The van der Waals surface area contributed by atoms with Crippen molar-refractivity contribution in [2.24, 2.45) is 5.73 Å². The second-order valence-corrected chi connectivity index (χ2v) is 8.33. The van der Waals surface area contributed by atoms with Crippen LogP contribution in [0.4, 0.5) is 27.9 Å². The molecule has 14 heteroatoms. The number of nitrogens with two attached hydrogens (primary N) is 1. The van der Waals surface area contributed by atoms with Gasteiger partial charge in [0.15, 0.2) is 17.2 Å². The predicted octanol–water partition coefficient (Wildman–Crippen LogP) is 2.12. The molecule has 36 heavy (non-hydrogen) atoms. The number of piperidine rings is 1. The molecule has 1 aliphatic rings. The first-order chi connectivity index (χ1) is 17.3. The van der Waals surface area contributed by atoms with Crippen LogP contribution in [0.3, 0.4) is 0 Å². The first-order valence-corrected chi connectivity index (χ1v) is 11.3. The molecule has 1 amide bonds. The monoisotopic (exact) mass is 508 g/mol. The second kappa shape index (κ2) is 10.1. The van der Waals surface area contributed by atoms with Crippen LogP contribution in [0.5, 0.6) is 0 Å². The highest BCUT2D eigenvalue weighted by Gasteiger charge is 2.34. The Morgan fingerprint density at radius 2 is 2.17 bits per heavy atom. The molecule has 0 saturated carbocycles. The fraction of sp³-hybridized carbons (Fsp3) is 0.318. The predicted molar refractivity (Wildman–Crippen MR) is 133 cm³/mol. The number of nitrogens with one attached hydrogen (secondary N) is 3. The van der Waals surface area contributed by atoms with Crippen LogP contribution in [0.25, 0.3) is 5.65 Å². The summed E-state index contributed by atoms with van der Waals surface area (Å²) in [6.45, 7) is 3.31. The summed E-state index contributed by atoms with van der Waals surface area (Å²) < 4.78 is 6.02. The highest BCUT2D eigenvalue weighted by Crippen LogP contribution is 2.37. The molecule has 1 atom stereocenters. The van der Waals surface area contributed by atoms with E-state index in [-0.39, 0.29) is 11.6 Å². The van der Waals surface area contributed by atoms with E-state index in [0.29, 0.717) is 59.5 Å². The fourth-order valence-electron chi connectivity index (χ4n) is 3.77. The Balaban J connectivity index is 1.65. The minimum Gasteiger partial charge on any atom is -0.453 e. The van der Waals surface area contributed by atoms with Crippen molar-refractivity contribution in [3.05, 3.63) is 41.0 Å². The molecular formula is C22H23ClN11O2. The highest BCUT2D eigenvalue weighted by atomic mass is 35.5. The lowest BCUT2D eigenvalue weighted by Gasteiger charge is -2.40. The molecule has 3 heterocycles. The number of carbonyl (C=O) groups excluding carboxylic acids is 1. The summed E-state index contributed by atoms with van der Waals surface area (Å²) >= 11 is 6.76. The molecule has 1 radical (unpaired) electrons. The van der Waals surface area contributed by atoms with E-state index in [2.05, 4.69) is 41.8 Å². The molecule has 13 nitrogen and oxygen atoms in total. The topological polar surface area (TPSA) is 182 Å². The number of aromatic nitrogens is 4. The standard InChI is InChI=1S/C22H23ClN11O2/c1-3-27-18-19-28-12-14(11-25)34(19)32-20(30-18)29-15-8-13(10-24)9-16(17(15)23)33-6-4-22(26,5-7-33)31-21(35)36-2/h4,8-9,12H,3,5-7,26H2,1-2H3,(H,31,35)(H2,27,29,30,32)/t22-/m1/s1. The quantitative estimate of drug-likeness (QED) is 0.357. The van der Waals surface area contributed by atoms with Gasteiger partial charge in [-0.15, -0.1) is 5.10 Å². The molecule has 0 aliphatic carbocycles. The number of fused-ring (bicyclic) bond motifs is 1. The zero-order chi connectivity index (χ0) is 25.9. The number of nitriles is 2.